The fourth-order valence-electron chi connectivity index (χ4n) is 2.82. The van der Waals surface area contributed by atoms with Crippen molar-refractivity contribution in [3.05, 3.63) is 24.3 Å². The molecule has 1 aliphatic rings. The van der Waals surface area contributed by atoms with Gasteiger partial charge in [-0.15, -0.1) is 10.2 Å². The lowest BCUT2D eigenvalue weighted by Gasteiger charge is -2.20. The molecule has 28 heavy (non-hydrogen) atoms. The molecule has 1 aromatic carbocycles. The van der Waals surface area contributed by atoms with Crippen molar-refractivity contribution in [3.8, 4) is 17.5 Å². The van der Waals surface area contributed by atoms with Gasteiger partial charge < -0.3 is 9.84 Å². The van der Waals surface area contributed by atoms with E-state index in [1.54, 1.807) is 0 Å². The number of carbonyl (C=O) groups is 1. The highest BCUT2D eigenvalue weighted by atomic mass is 32.2. The summed E-state index contributed by atoms with van der Waals surface area (Å²) in [4.78, 5) is 12.4. The minimum atomic E-state index is -4.34. The second kappa shape index (κ2) is 8.32. The molecule has 0 unspecified atom stereocenters. The minimum absolute atomic E-state index is 0.0877. The Labute approximate surface area is 161 Å². The number of nitriles is 1. The number of benzene rings is 1. The van der Waals surface area contributed by atoms with Crippen molar-refractivity contribution in [2.45, 2.75) is 24.3 Å². The van der Waals surface area contributed by atoms with Crippen LogP contribution in [0, 0.1) is 17.2 Å². The molecule has 0 bridgehead atoms. The summed E-state index contributed by atoms with van der Waals surface area (Å²) in [6.45, 7) is 1.29. The van der Waals surface area contributed by atoms with Crippen LogP contribution in [0.15, 0.2) is 29.2 Å². The SMILES string of the molecule is N#CCN(C(=O)O)S(=O)(=O)c1ccc(-c2nnn(CC3CCOCC3)n2)cc1. The largest absolute Gasteiger partial charge is 0.464 e. The molecule has 12 heteroatoms. The van der Waals surface area contributed by atoms with Crippen LogP contribution >= 0.6 is 0 Å². The summed E-state index contributed by atoms with van der Waals surface area (Å²) in [5, 5.41) is 30.0. The molecule has 1 N–H and O–H groups in total. The summed E-state index contributed by atoms with van der Waals surface area (Å²) >= 11 is 0. The van der Waals surface area contributed by atoms with Crippen molar-refractivity contribution < 1.29 is 23.1 Å². The molecule has 0 atom stereocenters. The van der Waals surface area contributed by atoms with Crippen LogP contribution in [-0.2, 0) is 21.3 Å². The Morgan fingerprint density at radius 2 is 2.00 bits per heavy atom. The van der Waals surface area contributed by atoms with Gasteiger partial charge in [0.2, 0.25) is 5.82 Å². The van der Waals surface area contributed by atoms with E-state index < -0.39 is 22.7 Å². The average molecular weight is 406 g/mol. The highest BCUT2D eigenvalue weighted by molar-refractivity contribution is 7.89. The van der Waals surface area contributed by atoms with E-state index in [2.05, 4.69) is 15.4 Å². The number of rotatable bonds is 6. The molecule has 0 saturated carbocycles. The monoisotopic (exact) mass is 406 g/mol. The number of carboxylic acid groups (broad SMARTS) is 1. The summed E-state index contributed by atoms with van der Waals surface area (Å²) in [6, 6.07) is 6.95. The lowest BCUT2D eigenvalue weighted by atomic mass is 10.0. The first-order valence-corrected chi connectivity index (χ1v) is 9.94. The van der Waals surface area contributed by atoms with Gasteiger partial charge in [0.05, 0.1) is 17.5 Å². The second-order valence-electron chi connectivity index (χ2n) is 6.20. The molecule has 1 fully saturated rings. The fourth-order valence-corrected chi connectivity index (χ4v) is 3.99. The Hall–Kier alpha value is -3.04. The molecule has 1 amide bonds. The Bertz CT molecular complexity index is 976. The zero-order valence-electron chi connectivity index (χ0n) is 14.8. The molecule has 1 saturated heterocycles. The van der Waals surface area contributed by atoms with E-state index in [0.717, 1.165) is 26.1 Å². The fraction of sp³-hybridized carbons (Fsp3) is 0.438. The summed E-state index contributed by atoms with van der Waals surface area (Å²) < 4.78 is 30.2. The molecule has 0 radical (unpaired) electrons. The van der Waals surface area contributed by atoms with Gasteiger partial charge in [0, 0.05) is 18.8 Å². The number of hydrogen-bond donors (Lipinski definition) is 1. The van der Waals surface area contributed by atoms with Crippen molar-refractivity contribution in [2.75, 3.05) is 19.8 Å². The highest BCUT2D eigenvalue weighted by Crippen LogP contribution is 2.21. The van der Waals surface area contributed by atoms with Crippen LogP contribution in [-0.4, -0.2) is 63.9 Å². The van der Waals surface area contributed by atoms with Crippen LogP contribution in [0.2, 0.25) is 0 Å². The average Bonchev–Trinajstić information content (AvgIpc) is 3.15. The lowest BCUT2D eigenvalue weighted by molar-refractivity contribution is 0.0586. The highest BCUT2D eigenvalue weighted by Gasteiger charge is 2.29. The molecular weight excluding hydrogens is 388 g/mol. The van der Waals surface area contributed by atoms with Gasteiger partial charge in [0.1, 0.15) is 6.54 Å². The summed E-state index contributed by atoms with van der Waals surface area (Å²) in [6.07, 6.45) is 0.154. The van der Waals surface area contributed by atoms with Crippen molar-refractivity contribution >= 4 is 16.1 Å². The maximum absolute atomic E-state index is 12.4. The third-order valence-corrected chi connectivity index (χ3v) is 6.08. The van der Waals surface area contributed by atoms with Crippen molar-refractivity contribution in [1.29, 1.82) is 5.26 Å². The molecule has 2 heterocycles. The van der Waals surface area contributed by atoms with Gasteiger partial charge in [-0.25, -0.2) is 13.2 Å². The maximum atomic E-state index is 12.4. The van der Waals surface area contributed by atoms with Crippen LogP contribution in [0.5, 0.6) is 0 Å². The van der Waals surface area contributed by atoms with E-state index in [1.165, 1.54) is 35.1 Å². The third-order valence-electron chi connectivity index (χ3n) is 4.34. The van der Waals surface area contributed by atoms with Crippen molar-refractivity contribution in [3.63, 3.8) is 0 Å². The van der Waals surface area contributed by atoms with Crippen LogP contribution in [0.3, 0.4) is 0 Å². The summed E-state index contributed by atoms with van der Waals surface area (Å²) in [5.74, 6) is 0.758. The van der Waals surface area contributed by atoms with Gasteiger partial charge in [0.25, 0.3) is 10.0 Å². The van der Waals surface area contributed by atoms with Crippen LogP contribution in [0.1, 0.15) is 12.8 Å². The first-order chi connectivity index (χ1) is 13.4. The smallest absolute Gasteiger partial charge is 0.422 e. The van der Waals surface area contributed by atoms with Crippen LogP contribution < -0.4 is 0 Å². The van der Waals surface area contributed by atoms with Gasteiger partial charge in [-0.2, -0.15) is 14.4 Å². The summed E-state index contributed by atoms with van der Waals surface area (Å²) in [5.41, 5.74) is 0.541. The predicted octanol–water partition coefficient (Wildman–Crippen LogP) is 0.959. The third kappa shape index (κ3) is 4.26. The normalized spacial score (nSPS) is 15.1. The van der Waals surface area contributed by atoms with E-state index in [9.17, 15) is 13.2 Å². The van der Waals surface area contributed by atoms with E-state index in [-0.39, 0.29) is 9.20 Å². The Morgan fingerprint density at radius 1 is 1.32 bits per heavy atom. The Kier molecular flexibility index (Phi) is 5.86. The standard InChI is InChI=1S/C16H18N6O5S/c17-7-8-21(16(23)24)28(25,26)14-3-1-13(2-4-14)15-18-20-22(19-15)11-12-5-9-27-10-6-12/h1-4,12H,5-6,8-11H2,(H,23,24). The number of hydrogen-bond acceptors (Lipinski definition) is 8. The minimum Gasteiger partial charge on any atom is -0.464 e. The number of nitrogens with zero attached hydrogens (tertiary/aromatic N) is 6. The van der Waals surface area contributed by atoms with Crippen molar-refractivity contribution in [1.82, 2.24) is 24.5 Å². The first-order valence-electron chi connectivity index (χ1n) is 8.50. The Morgan fingerprint density at radius 3 is 2.61 bits per heavy atom. The number of ether oxygens (including phenoxy) is 1. The van der Waals surface area contributed by atoms with E-state index in [0.29, 0.717) is 23.9 Å². The molecule has 0 aliphatic carbocycles. The zero-order valence-corrected chi connectivity index (χ0v) is 15.6. The van der Waals surface area contributed by atoms with E-state index >= 15 is 0 Å². The molecule has 1 aromatic heterocycles. The quantitative estimate of drug-likeness (QED) is 0.691. The van der Waals surface area contributed by atoms with E-state index in [1.807, 2.05) is 0 Å². The molecule has 3 rings (SSSR count). The van der Waals surface area contributed by atoms with Gasteiger partial charge in [-0.1, -0.05) is 0 Å². The first kappa shape index (κ1) is 19.7. The van der Waals surface area contributed by atoms with Crippen molar-refractivity contribution in [2.24, 2.45) is 5.92 Å². The Balaban J connectivity index is 1.75. The molecular formula is C16H18N6O5S. The topological polar surface area (TPSA) is 151 Å². The summed E-state index contributed by atoms with van der Waals surface area (Å²) in [7, 11) is -4.34. The number of sulfonamides is 1. The van der Waals surface area contributed by atoms with Gasteiger partial charge in [-0.3, -0.25) is 0 Å². The van der Waals surface area contributed by atoms with Gasteiger partial charge >= 0.3 is 6.09 Å². The van der Waals surface area contributed by atoms with Crippen LogP contribution in [0.25, 0.3) is 11.4 Å². The molecule has 1 aliphatic heterocycles. The molecule has 2 aromatic rings. The zero-order chi connectivity index (χ0) is 20.1. The van der Waals surface area contributed by atoms with Gasteiger partial charge in [0.15, 0.2) is 0 Å². The number of aromatic nitrogens is 4. The van der Waals surface area contributed by atoms with Crippen LogP contribution in [0.4, 0.5) is 4.79 Å². The molecule has 0 spiro atoms. The lowest BCUT2D eigenvalue weighted by Crippen LogP contribution is -2.36. The predicted molar refractivity (Wildman–Crippen MR) is 94.3 cm³/mol. The van der Waals surface area contributed by atoms with E-state index in [4.69, 9.17) is 15.1 Å². The maximum Gasteiger partial charge on any atom is 0.422 e. The molecule has 11 nitrogen and oxygen atoms in total. The van der Waals surface area contributed by atoms with Gasteiger partial charge in [-0.05, 0) is 48.2 Å². The number of amides is 1. The number of tetrazole rings is 1. The molecule has 148 valence electrons. The second-order valence-corrected chi connectivity index (χ2v) is 8.06.